The molecule has 0 saturated heterocycles. The van der Waals surface area contributed by atoms with E-state index in [1.54, 1.807) is 30.6 Å². The van der Waals surface area contributed by atoms with Gasteiger partial charge in [0, 0.05) is 35.5 Å². The number of nitrogens with zero attached hydrogens (tertiary/aromatic N) is 1. The Balaban J connectivity index is 1.80. The van der Waals surface area contributed by atoms with E-state index in [1.165, 1.54) is 12.1 Å². The number of aromatic amines is 1. The molecule has 2 N–H and O–H groups in total. The second kappa shape index (κ2) is 7.27. The van der Waals surface area contributed by atoms with Gasteiger partial charge in [-0.1, -0.05) is 18.2 Å². The molecule has 0 saturated carbocycles. The number of fused-ring (bicyclic) bond motifs is 1. The molecule has 0 amide bonds. The lowest BCUT2D eigenvalue weighted by Gasteiger charge is -2.03. The maximum atomic E-state index is 13.3. The Hall–Kier alpha value is -2.70. The standard InChI is InChI=1S/C20H18FN3OS/c1-25-11-10-22-20-24-17(12-26-20)18-15-4-2-3-5-16(15)23-19(18)13-6-8-14(21)9-7-13/h2-9,12,23H,10-11H2,1H3,(H,22,24). The number of hydrogen-bond acceptors (Lipinski definition) is 4. The normalized spacial score (nSPS) is 11.2. The molecule has 4 nitrogen and oxygen atoms in total. The highest BCUT2D eigenvalue weighted by Crippen LogP contribution is 2.39. The summed E-state index contributed by atoms with van der Waals surface area (Å²) in [6.07, 6.45) is 0. The van der Waals surface area contributed by atoms with Gasteiger partial charge < -0.3 is 15.0 Å². The number of ether oxygens (including phenoxy) is 1. The van der Waals surface area contributed by atoms with Crippen LogP contribution in [0, 0.1) is 5.82 Å². The Kier molecular flexibility index (Phi) is 4.69. The summed E-state index contributed by atoms with van der Waals surface area (Å²) < 4.78 is 18.4. The van der Waals surface area contributed by atoms with E-state index < -0.39 is 0 Å². The van der Waals surface area contributed by atoms with E-state index >= 15 is 0 Å². The van der Waals surface area contributed by atoms with Gasteiger partial charge in [-0.15, -0.1) is 11.3 Å². The average Bonchev–Trinajstić information content (AvgIpc) is 3.26. The van der Waals surface area contributed by atoms with Gasteiger partial charge in [0.1, 0.15) is 5.82 Å². The highest BCUT2D eigenvalue weighted by atomic mass is 32.1. The summed E-state index contributed by atoms with van der Waals surface area (Å²) in [4.78, 5) is 8.20. The molecule has 0 atom stereocenters. The van der Waals surface area contributed by atoms with Gasteiger partial charge in [-0.3, -0.25) is 0 Å². The van der Waals surface area contributed by atoms with Crippen molar-refractivity contribution in [1.29, 1.82) is 0 Å². The third-order valence-electron chi connectivity index (χ3n) is 4.18. The molecule has 0 fully saturated rings. The molecule has 4 aromatic rings. The fourth-order valence-corrected chi connectivity index (χ4v) is 3.70. The first kappa shape index (κ1) is 16.8. The summed E-state index contributed by atoms with van der Waals surface area (Å²) >= 11 is 1.56. The minimum Gasteiger partial charge on any atom is -0.383 e. The van der Waals surface area contributed by atoms with Crippen LogP contribution < -0.4 is 5.32 Å². The molecular weight excluding hydrogens is 349 g/mol. The number of halogens is 1. The zero-order valence-corrected chi connectivity index (χ0v) is 15.1. The zero-order chi connectivity index (χ0) is 17.9. The summed E-state index contributed by atoms with van der Waals surface area (Å²) in [5.41, 5.74) is 4.83. The monoisotopic (exact) mass is 367 g/mol. The highest BCUT2D eigenvalue weighted by molar-refractivity contribution is 7.14. The lowest BCUT2D eigenvalue weighted by molar-refractivity contribution is 0.211. The molecule has 0 radical (unpaired) electrons. The van der Waals surface area contributed by atoms with Gasteiger partial charge in [0.2, 0.25) is 0 Å². The average molecular weight is 367 g/mol. The fourth-order valence-electron chi connectivity index (χ4n) is 2.97. The van der Waals surface area contributed by atoms with Crippen LogP contribution in [-0.4, -0.2) is 30.2 Å². The molecule has 0 aliphatic heterocycles. The number of rotatable bonds is 6. The van der Waals surface area contributed by atoms with Crippen molar-refractivity contribution in [1.82, 2.24) is 9.97 Å². The van der Waals surface area contributed by atoms with E-state index in [9.17, 15) is 4.39 Å². The summed E-state index contributed by atoms with van der Waals surface area (Å²) in [7, 11) is 1.68. The third-order valence-corrected chi connectivity index (χ3v) is 4.98. The number of anilines is 1. The minimum atomic E-state index is -0.246. The molecule has 0 spiro atoms. The van der Waals surface area contributed by atoms with Crippen molar-refractivity contribution in [3.05, 3.63) is 59.7 Å². The number of para-hydroxylation sites is 1. The second-order valence-electron chi connectivity index (χ2n) is 5.88. The first-order valence-electron chi connectivity index (χ1n) is 8.31. The number of thiazole rings is 1. The number of nitrogens with one attached hydrogen (secondary N) is 2. The Labute approximate surface area is 154 Å². The minimum absolute atomic E-state index is 0.246. The largest absolute Gasteiger partial charge is 0.383 e. The smallest absolute Gasteiger partial charge is 0.183 e. The molecule has 26 heavy (non-hydrogen) atoms. The van der Waals surface area contributed by atoms with Crippen LogP contribution in [0.3, 0.4) is 0 Å². The van der Waals surface area contributed by atoms with Crippen LogP contribution in [-0.2, 0) is 4.74 Å². The fraction of sp³-hybridized carbons (Fsp3) is 0.150. The number of methoxy groups -OCH3 is 1. The van der Waals surface area contributed by atoms with Gasteiger partial charge >= 0.3 is 0 Å². The van der Waals surface area contributed by atoms with E-state index in [1.807, 2.05) is 23.6 Å². The van der Waals surface area contributed by atoms with E-state index in [2.05, 4.69) is 16.4 Å². The molecule has 0 bridgehead atoms. The van der Waals surface area contributed by atoms with E-state index in [0.29, 0.717) is 13.2 Å². The van der Waals surface area contributed by atoms with E-state index in [4.69, 9.17) is 9.72 Å². The molecular formula is C20H18FN3OS. The van der Waals surface area contributed by atoms with Crippen LogP contribution in [0.25, 0.3) is 33.4 Å². The van der Waals surface area contributed by atoms with Crippen LogP contribution in [0.1, 0.15) is 0 Å². The number of aromatic nitrogens is 2. The molecule has 2 heterocycles. The van der Waals surface area contributed by atoms with Crippen molar-refractivity contribution >= 4 is 27.4 Å². The quantitative estimate of drug-likeness (QED) is 0.463. The van der Waals surface area contributed by atoms with Gasteiger partial charge in [-0.2, -0.15) is 0 Å². The van der Waals surface area contributed by atoms with Crippen LogP contribution in [0.4, 0.5) is 9.52 Å². The number of H-pyrrole nitrogens is 1. The van der Waals surface area contributed by atoms with Crippen molar-refractivity contribution in [3.63, 3.8) is 0 Å². The number of hydrogen-bond donors (Lipinski definition) is 2. The predicted molar refractivity (Wildman–Crippen MR) is 105 cm³/mol. The molecule has 2 aromatic carbocycles. The molecule has 2 aromatic heterocycles. The topological polar surface area (TPSA) is 49.9 Å². The first-order valence-corrected chi connectivity index (χ1v) is 9.19. The van der Waals surface area contributed by atoms with Crippen LogP contribution >= 0.6 is 11.3 Å². The van der Waals surface area contributed by atoms with Crippen molar-refractivity contribution in [3.8, 4) is 22.5 Å². The van der Waals surface area contributed by atoms with Gasteiger partial charge in [0.25, 0.3) is 0 Å². The Morgan fingerprint density at radius 1 is 1.15 bits per heavy atom. The molecule has 4 rings (SSSR count). The van der Waals surface area contributed by atoms with Crippen LogP contribution in [0.2, 0.25) is 0 Å². The highest BCUT2D eigenvalue weighted by Gasteiger charge is 2.17. The summed E-state index contributed by atoms with van der Waals surface area (Å²) in [5, 5.41) is 7.26. The van der Waals surface area contributed by atoms with Crippen LogP contribution in [0.15, 0.2) is 53.9 Å². The van der Waals surface area contributed by atoms with Crippen molar-refractivity contribution in [2.75, 3.05) is 25.6 Å². The Bertz CT molecular complexity index is 1020. The first-order chi connectivity index (χ1) is 12.8. The molecule has 6 heteroatoms. The van der Waals surface area contributed by atoms with E-state index in [0.717, 1.165) is 38.5 Å². The summed E-state index contributed by atoms with van der Waals surface area (Å²) in [6.45, 7) is 1.34. The maximum Gasteiger partial charge on any atom is 0.183 e. The van der Waals surface area contributed by atoms with Crippen molar-refractivity contribution in [2.45, 2.75) is 0 Å². The zero-order valence-electron chi connectivity index (χ0n) is 14.3. The van der Waals surface area contributed by atoms with Gasteiger partial charge in [-0.25, -0.2) is 9.37 Å². The molecule has 132 valence electrons. The van der Waals surface area contributed by atoms with Crippen molar-refractivity contribution < 1.29 is 9.13 Å². The number of benzene rings is 2. The SMILES string of the molecule is COCCNc1nc(-c2c(-c3ccc(F)cc3)[nH]c3ccccc23)cs1. The summed E-state index contributed by atoms with van der Waals surface area (Å²) in [6, 6.07) is 14.6. The molecule has 0 aliphatic carbocycles. The lowest BCUT2D eigenvalue weighted by Crippen LogP contribution is -2.07. The molecule has 0 unspecified atom stereocenters. The maximum absolute atomic E-state index is 13.3. The van der Waals surface area contributed by atoms with Gasteiger partial charge in [0.15, 0.2) is 5.13 Å². The Morgan fingerprint density at radius 3 is 2.77 bits per heavy atom. The van der Waals surface area contributed by atoms with Gasteiger partial charge in [-0.05, 0) is 35.9 Å². The van der Waals surface area contributed by atoms with Crippen molar-refractivity contribution in [2.24, 2.45) is 0 Å². The summed E-state index contributed by atoms with van der Waals surface area (Å²) in [5.74, 6) is -0.246. The van der Waals surface area contributed by atoms with Crippen LogP contribution in [0.5, 0.6) is 0 Å². The third kappa shape index (κ3) is 3.21. The molecule has 0 aliphatic rings. The lowest BCUT2D eigenvalue weighted by atomic mass is 10.0. The second-order valence-corrected chi connectivity index (χ2v) is 6.74. The Morgan fingerprint density at radius 2 is 1.96 bits per heavy atom. The predicted octanol–water partition coefficient (Wildman–Crippen LogP) is 5.16. The van der Waals surface area contributed by atoms with Gasteiger partial charge in [0.05, 0.1) is 18.0 Å². The van der Waals surface area contributed by atoms with E-state index in [-0.39, 0.29) is 5.82 Å².